The van der Waals surface area contributed by atoms with Crippen molar-refractivity contribution in [3.63, 3.8) is 0 Å². The summed E-state index contributed by atoms with van der Waals surface area (Å²) >= 11 is 0. The Morgan fingerprint density at radius 2 is 2.27 bits per heavy atom. The maximum atomic E-state index is 13.0. The molecule has 0 spiro atoms. The average Bonchev–Trinajstić information content (AvgIpc) is 2.43. The lowest BCUT2D eigenvalue weighted by Gasteiger charge is -2.02. The van der Waals surface area contributed by atoms with Crippen molar-refractivity contribution in [2.24, 2.45) is 5.73 Å². The van der Waals surface area contributed by atoms with E-state index in [1.165, 1.54) is 22.8 Å². The third-order valence-electron chi connectivity index (χ3n) is 2.05. The van der Waals surface area contributed by atoms with Crippen LogP contribution in [0.5, 0.6) is 0 Å². The number of benzene rings is 1. The minimum atomic E-state index is -0.551. The van der Waals surface area contributed by atoms with Gasteiger partial charge < -0.3 is 16.0 Å². The van der Waals surface area contributed by atoms with Crippen LogP contribution in [0.2, 0.25) is 0 Å². The van der Waals surface area contributed by atoms with E-state index in [2.05, 4.69) is 4.98 Å². The van der Waals surface area contributed by atoms with Crippen molar-refractivity contribution in [3.8, 4) is 0 Å². The summed E-state index contributed by atoms with van der Waals surface area (Å²) in [4.78, 5) is 14.7. The first-order valence-electron chi connectivity index (χ1n) is 4.27. The highest BCUT2D eigenvalue weighted by atomic mass is 19.1. The van der Waals surface area contributed by atoms with Crippen molar-refractivity contribution in [2.75, 3.05) is 5.73 Å². The molecule has 0 aliphatic rings. The summed E-state index contributed by atoms with van der Waals surface area (Å²) in [5, 5.41) is 0. The molecule has 1 aromatic carbocycles. The van der Waals surface area contributed by atoms with Crippen LogP contribution in [0.3, 0.4) is 0 Å². The number of nitrogens with two attached hydrogens (primary N) is 2. The molecule has 1 amide bonds. The highest BCUT2D eigenvalue weighted by Crippen LogP contribution is 2.18. The number of halogens is 1. The van der Waals surface area contributed by atoms with Crippen LogP contribution >= 0.6 is 0 Å². The number of amides is 1. The number of anilines is 1. The first kappa shape index (κ1) is 9.45. The van der Waals surface area contributed by atoms with E-state index in [0.29, 0.717) is 11.0 Å². The molecule has 6 heteroatoms. The number of nitrogen functional groups attached to an aromatic ring is 1. The standard InChI is InChI=1S/C9H9FN4O/c10-5-1-2-6-7(3-5)14(4-8(11)15)9(12)13-6/h1-3H,4H2,(H2,11,15)(H2,12,13). The van der Waals surface area contributed by atoms with Gasteiger partial charge in [-0.05, 0) is 18.2 Å². The molecule has 0 aliphatic heterocycles. The fraction of sp³-hybridized carbons (Fsp3) is 0.111. The molecule has 2 rings (SSSR count). The summed E-state index contributed by atoms with van der Waals surface area (Å²) in [7, 11) is 0. The molecule has 0 radical (unpaired) electrons. The van der Waals surface area contributed by atoms with Crippen LogP contribution in [0, 0.1) is 5.82 Å². The second-order valence-electron chi connectivity index (χ2n) is 3.16. The van der Waals surface area contributed by atoms with Crippen LogP contribution in [0.25, 0.3) is 11.0 Å². The quantitative estimate of drug-likeness (QED) is 0.741. The summed E-state index contributed by atoms with van der Waals surface area (Å²) in [5.41, 5.74) is 11.6. The normalized spacial score (nSPS) is 10.7. The van der Waals surface area contributed by atoms with Crippen molar-refractivity contribution in [2.45, 2.75) is 6.54 Å². The number of carbonyl (C=O) groups is 1. The van der Waals surface area contributed by atoms with Crippen molar-refractivity contribution in [3.05, 3.63) is 24.0 Å². The summed E-state index contributed by atoms with van der Waals surface area (Å²) < 4.78 is 14.3. The fourth-order valence-electron chi connectivity index (χ4n) is 1.44. The van der Waals surface area contributed by atoms with Crippen LogP contribution in [-0.4, -0.2) is 15.5 Å². The van der Waals surface area contributed by atoms with Crippen LogP contribution in [0.4, 0.5) is 10.3 Å². The molecular weight excluding hydrogens is 199 g/mol. The zero-order valence-corrected chi connectivity index (χ0v) is 7.77. The minimum Gasteiger partial charge on any atom is -0.369 e. The largest absolute Gasteiger partial charge is 0.369 e. The fourth-order valence-corrected chi connectivity index (χ4v) is 1.44. The first-order chi connectivity index (χ1) is 7.08. The molecule has 0 unspecified atom stereocenters. The van der Waals surface area contributed by atoms with E-state index in [1.54, 1.807) is 0 Å². The van der Waals surface area contributed by atoms with Crippen molar-refractivity contribution >= 4 is 22.9 Å². The Bertz CT molecular complexity index is 534. The molecule has 0 atom stereocenters. The van der Waals surface area contributed by atoms with E-state index < -0.39 is 11.7 Å². The van der Waals surface area contributed by atoms with Crippen LogP contribution in [0.15, 0.2) is 18.2 Å². The van der Waals surface area contributed by atoms with Crippen LogP contribution < -0.4 is 11.5 Å². The lowest BCUT2D eigenvalue weighted by molar-refractivity contribution is -0.118. The Balaban J connectivity index is 2.65. The van der Waals surface area contributed by atoms with Gasteiger partial charge in [-0.15, -0.1) is 0 Å². The van der Waals surface area contributed by atoms with Gasteiger partial charge >= 0.3 is 0 Å². The maximum absolute atomic E-state index is 13.0. The second kappa shape index (κ2) is 3.23. The summed E-state index contributed by atoms with van der Waals surface area (Å²) in [5.74, 6) is -0.812. The Kier molecular flexibility index (Phi) is 2.03. The number of carbonyl (C=O) groups excluding carboxylic acids is 1. The molecule has 78 valence electrons. The predicted octanol–water partition coefficient (Wildman–Crippen LogP) is 0.243. The van der Waals surface area contributed by atoms with E-state index in [-0.39, 0.29) is 12.5 Å². The topological polar surface area (TPSA) is 86.9 Å². The van der Waals surface area contributed by atoms with Gasteiger partial charge in [-0.1, -0.05) is 0 Å². The van der Waals surface area contributed by atoms with Gasteiger partial charge in [0, 0.05) is 0 Å². The Morgan fingerprint density at radius 3 is 2.93 bits per heavy atom. The summed E-state index contributed by atoms with van der Waals surface area (Å²) in [6.07, 6.45) is 0. The van der Waals surface area contributed by atoms with Gasteiger partial charge in [0.15, 0.2) is 0 Å². The molecule has 0 saturated carbocycles. The third kappa shape index (κ3) is 1.61. The highest BCUT2D eigenvalue weighted by Gasteiger charge is 2.10. The molecule has 1 aromatic heterocycles. The number of fused-ring (bicyclic) bond motifs is 1. The minimum absolute atomic E-state index is 0.105. The number of aromatic nitrogens is 2. The maximum Gasteiger partial charge on any atom is 0.237 e. The van der Waals surface area contributed by atoms with E-state index in [4.69, 9.17) is 11.5 Å². The van der Waals surface area contributed by atoms with E-state index in [0.717, 1.165) is 0 Å². The van der Waals surface area contributed by atoms with E-state index in [1.807, 2.05) is 0 Å². The van der Waals surface area contributed by atoms with Crippen molar-refractivity contribution in [1.29, 1.82) is 0 Å². The molecule has 2 aromatic rings. The molecule has 0 fully saturated rings. The predicted molar refractivity (Wildman–Crippen MR) is 53.3 cm³/mol. The van der Waals surface area contributed by atoms with E-state index in [9.17, 15) is 9.18 Å². The number of nitrogens with zero attached hydrogens (tertiary/aromatic N) is 2. The second-order valence-corrected chi connectivity index (χ2v) is 3.16. The lowest BCUT2D eigenvalue weighted by atomic mass is 10.3. The number of rotatable bonds is 2. The van der Waals surface area contributed by atoms with Gasteiger partial charge in [0.1, 0.15) is 12.4 Å². The Morgan fingerprint density at radius 1 is 1.53 bits per heavy atom. The molecular formula is C9H9FN4O. The molecule has 0 bridgehead atoms. The van der Waals surface area contributed by atoms with Crippen LogP contribution in [-0.2, 0) is 11.3 Å². The molecule has 0 saturated heterocycles. The zero-order valence-electron chi connectivity index (χ0n) is 7.77. The molecule has 0 aliphatic carbocycles. The van der Waals surface area contributed by atoms with Gasteiger partial charge in [-0.25, -0.2) is 9.37 Å². The summed E-state index contributed by atoms with van der Waals surface area (Å²) in [6.45, 7) is -0.105. The number of hydrogen-bond donors (Lipinski definition) is 2. The zero-order chi connectivity index (χ0) is 11.0. The number of hydrogen-bond acceptors (Lipinski definition) is 3. The highest BCUT2D eigenvalue weighted by molar-refractivity contribution is 5.82. The number of primary amides is 1. The van der Waals surface area contributed by atoms with Crippen molar-refractivity contribution in [1.82, 2.24) is 9.55 Å². The van der Waals surface area contributed by atoms with Gasteiger partial charge in [0.05, 0.1) is 11.0 Å². The van der Waals surface area contributed by atoms with Crippen molar-refractivity contribution < 1.29 is 9.18 Å². The molecule has 5 nitrogen and oxygen atoms in total. The first-order valence-corrected chi connectivity index (χ1v) is 4.27. The average molecular weight is 208 g/mol. The Hall–Kier alpha value is -2.11. The molecule has 1 heterocycles. The summed E-state index contributed by atoms with van der Waals surface area (Å²) in [6, 6.07) is 4.05. The SMILES string of the molecule is NC(=O)Cn1c(N)nc2ccc(F)cc21. The van der Waals surface area contributed by atoms with Gasteiger partial charge in [-0.2, -0.15) is 0 Å². The monoisotopic (exact) mass is 208 g/mol. The van der Waals surface area contributed by atoms with Gasteiger partial charge in [0.25, 0.3) is 0 Å². The molecule has 4 N–H and O–H groups in total. The lowest BCUT2D eigenvalue weighted by Crippen LogP contribution is -2.19. The van der Waals surface area contributed by atoms with E-state index >= 15 is 0 Å². The Labute approximate surface area is 84.5 Å². The van der Waals surface area contributed by atoms with Crippen LogP contribution in [0.1, 0.15) is 0 Å². The third-order valence-corrected chi connectivity index (χ3v) is 2.05. The van der Waals surface area contributed by atoms with Gasteiger partial charge in [-0.3, -0.25) is 4.79 Å². The molecule has 15 heavy (non-hydrogen) atoms. The van der Waals surface area contributed by atoms with Gasteiger partial charge in [0.2, 0.25) is 11.9 Å². The smallest absolute Gasteiger partial charge is 0.237 e. The number of imidazole rings is 1.